The third-order valence-electron chi connectivity index (χ3n) is 2.80. The van der Waals surface area contributed by atoms with E-state index in [2.05, 4.69) is 9.98 Å². The van der Waals surface area contributed by atoms with Gasteiger partial charge in [-0.05, 0) is 42.0 Å². The van der Waals surface area contributed by atoms with E-state index in [0.717, 1.165) is 28.5 Å². The molecule has 1 aromatic carbocycles. The Bertz CT molecular complexity index is 550. The number of rotatable bonds is 4. The SMILES string of the molecule is C(=Nc1cccnc1)c1ccc(OC2CSC2)cc1. The van der Waals surface area contributed by atoms with E-state index < -0.39 is 0 Å². The zero-order valence-electron chi connectivity index (χ0n) is 10.4. The highest BCUT2D eigenvalue weighted by molar-refractivity contribution is 8.00. The van der Waals surface area contributed by atoms with E-state index in [9.17, 15) is 0 Å². The molecule has 1 aliphatic heterocycles. The molecule has 0 saturated carbocycles. The minimum absolute atomic E-state index is 0.389. The predicted octanol–water partition coefficient (Wildman–Crippen LogP) is 3.33. The van der Waals surface area contributed by atoms with Gasteiger partial charge in [-0.1, -0.05) is 0 Å². The second-order valence-electron chi connectivity index (χ2n) is 4.32. The van der Waals surface area contributed by atoms with Crippen LogP contribution in [0.3, 0.4) is 0 Å². The molecule has 2 heterocycles. The maximum absolute atomic E-state index is 5.79. The van der Waals surface area contributed by atoms with Gasteiger partial charge in [0.15, 0.2) is 0 Å². The van der Waals surface area contributed by atoms with Crippen LogP contribution < -0.4 is 4.74 Å². The Morgan fingerprint density at radius 1 is 1.21 bits per heavy atom. The molecule has 0 spiro atoms. The second-order valence-corrected chi connectivity index (χ2v) is 5.39. The van der Waals surface area contributed by atoms with Crippen LogP contribution in [0, 0.1) is 0 Å². The van der Waals surface area contributed by atoms with Crippen LogP contribution in [0.25, 0.3) is 0 Å². The Hall–Kier alpha value is -1.81. The van der Waals surface area contributed by atoms with E-state index in [1.54, 1.807) is 12.4 Å². The van der Waals surface area contributed by atoms with Gasteiger partial charge in [-0.2, -0.15) is 11.8 Å². The molecule has 4 heteroatoms. The number of hydrogen-bond donors (Lipinski definition) is 0. The number of ether oxygens (including phenoxy) is 1. The molecule has 0 bridgehead atoms. The predicted molar refractivity (Wildman–Crippen MR) is 79.7 cm³/mol. The van der Waals surface area contributed by atoms with E-state index in [0.29, 0.717) is 6.10 Å². The lowest BCUT2D eigenvalue weighted by atomic mass is 10.2. The Morgan fingerprint density at radius 3 is 2.68 bits per heavy atom. The first kappa shape index (κ1) is 12.2. The molecule has 0 aliphatic carbocycles. The minimum Gasteiger partial charge on any atom is -0.489 e. The van der Waals surface area contributed by atoms with Gasteiger partial charge in [-0.25, -0.2) is 0 Å². The summed E-state index contributed by atoms with van der Waals surface area (Å²) in [5.74, 6) is 3.14. The van der Waals surface area contributed by atoms with Crippen molar-refractivity contribution in [2.75, 3.05) is 11.5 Å². The van der Waals surface area contributed by atoms with E-state index in [1.165, 1.54) is 0 Å². The zero-order valence-corrected chi connectivity index (χ0v) is 11.2. The number of thioether (sulfide) groups is 1. The van der Waals surface area contributed by atoms with Crippen molar-refractivity contribution in [2.45, 2.75) is 6.10 Å². The highest BCUT2D eigenvalue weighted by Gasteiger charge is 2.19. The minimum atomic E-state index is 0.389. The molecule has 0 N–H and O–H groups in total. The van der Waals surface area contributed by atoms with Crippen LogP contribution in [0.2, 0.25) is 0 Å². The standard InChI is InChI=1S/C15H14N2OS/c1-2-13(9-16-7-1)17-8-12-3-5-14(6-4-12)18-15-10-19-11-15/h1-9,15H,10-11H2. The summed E-state index contributed by atoms with van der Waals surface area (Å²) in [6, 6.07) is 11.8. The summed E-state index contributed by atoms with van der Waals surface area (Å²) in [6.45, 7) is 0. The number of pyridine rings is 1. The third-order valence-corrected chi connectivity index (χ3v) is 4.01. The molecule has 0 amide bonds. The molecule has 1 aliphatic rings. The van der Waals surface area contributed by atoms with Crippen molar-refractivity contribution in [1.29, 1.82) is 0 Å². The summed E-state index contributed by atoms with van der Waals surface area (Å²) >= 11 is 1.92. The topological polar surface area (TPSA) is 34.5 Å². The van der Waals surface area contributed by atoms with Gasteiger partial charge in [0.05, 0.1) is 11.9 Å². The first-order chi connectivity index (χ1) is 9.40. The second kappa shape index (κ2) is 5.89. The molecular formula is C15H14N2OS. The van der Waals surface area contributed by atoms with Gasteiger partial charge in [-0.15, -0.1) is 0 Å². The monoisotopic (exact) mass is 270 g/mol. The highest BCUT2D eigenvalue weighted by atomic mass is 32.2. The van der Waals surface area contributed by atoms with Crippen LogP contribution in [-0.2, 0) is 0 Å². The van der Waals surface area contributed by atoms with Crippen molar-refractivity contribution in [1.82, 2.24) is 4.98 Å². The molecule has 2 aromatic rings. The normalized spacial score (nSPS) is 15.4. The average Bonchev–Trinajstić information content (AvgIpc) is 2.43. The Balaban J connectivity index is 1.63. The fourth-order valence-corrected chi connectivity index (χ4v) is 2.25. The highest BCUT2D eigenvalue weighted by Crippen LogP contribution is 2.23. The van der Waals surface area contributed by atoms with Crippen LogP contribution in [0.4, 0.5) is 5.69 Å². The largest absolute Gasteiger partial charge is 0.489 e. The van der Waals surface area contributed by atoms with Gasteiger partial charge >= 0.3 is 0 Å². The summed E-state index contributed by atoms with van der Waals surface area (Å²) in [5, 5.41) is 0. The molecular weight excluding hydrogens is 256 g/mol. The number of benzene rings is 1. The average molecular weight is 270 g/mol. The summed E-state index contributed by atoms with van der Waals surface area (Å²) in [6.07, 6.45) is 5.70. The number of hydrogen-bond acceptors (Lipinski definition) is 4. The zero-order chi connectivity index (χ0) is 12.9. The number of nitrogens with zero attached hydrogens (tertiary/aromatic N) is 2. The molecule has 1 saturated heterocycles. The van der Waals surface area contributed by atoms with Crippen molar-refractivity contribution in [2.24, 2.45) is 4.99 Å². The van der Waals surface area contributed by atoms with E-state index in [1.807, 2.05) is 54.4 Å². The van der Waals surface area contributed by atoms with Crippen molar-refractivity contribution in [3.8, 4) is 5.75 Å². The van der Waals surface area contributed by atoms with Crippen molar-refractivity contribution in [3.63, 3.8) is 0 Å². The van der Waals surface area contributed by atoms with Gasteiger partial charge < -0.3 is 4.74 Å². The molecule has 0 atom stereocenters. The first-order valence-electron chi connectivity index (χ1n) is 6.19. The number of aliphatic imine (C=N–C) groups is 1. The Kier molecular flexibility index (Phi) is 3.79. The lowest BCUT2D eigenvalue weighted by Gasteiger charge is -2.25. The van der Waals surface area contributed by atoms with E-state index >= 15 is 0 Å². The number of aromatic nitrogens is 1. The molecule has 3 rings (SSSR count). The van der Waals surface area contributed by atoms with E-state index in [-0.39, 0.29) is 0 Å². The van der Waals surface area contributed by atoms with Crippen LogP contribution in [0.5, 0.6) is 5.75 Å². The van der Waals surface area contributed by atoms with Crippen LogP contribution >= 0.6 is 11.8 Å². The molecule has 1 fully saturated rings. The lowest BCUT2D eigenvalue weighted by Crippen LogP contribution is -2.30. The third kappa shape index (κ3) is 3.35. The molecule has 0 radical (unpaired) electrons. The van der Waals surface area contributed by atoms with Gasteiger partial charge in [0.25, 0.3) is 0 Å². The van der Waals surface area contributed by atoms with Gasteiger partial charge in [0.1, 0.15) is 11.9 Å². The molecule has 96 valence electrons. The summed E-state index contributed by atoms with van der Waals surface area (Å²) < 4.78 is 5.79. The first-order valence-corrected chi connectivity index (χ1v) is 7.34. The molecule has 0 unspecified atom stereocenters. The lowest BCUT2D eigenvalue weighted by molar-refractivity contribution is 0.240. The summed E-state index contributed by atoms with van der Waals surface area (Å²) in [5.41, 5.74) is 1.91. The van der Waals surface area contributed by atoms with Crippen molar-refractivity contribution in [3.05, 3.63) is 54.4 Å². The van der Waals surface area contributed by atoms with Gasteiger partial charge in [-0.3, -0.25) is 9.98 Å². The van der Waals surface area contributed by atoms with Crippen LogP contribution in [0.15, 0.2) is 53.8 Å². The van der Waals surface area contributed by atoms with Crippen LogP contribution in [0.1, 0.15) is 5.56 Å². The maximum atomic E-state index is 5.79. The quantitative estimate of drug-likeness (QED) is 0.799. The fourth-order valence-electron chi connectivity index (χ4n) is 1.69. The van der Waals surface area contributed by atoms with Crippen molar-refractivity contribution >= 4 is 23.7 Å². The summed E-state index contributed by atoms with van der Waals surface area (Å²) in [7, 11) is 0. The fraction of sp³-hybridized carbons (Fsp3) is 0.200. The van der Waals surface area contributed by atoms with E-state index in [4.69, 9.17) is 4.74 Å². The smallest absolute Gasteiger partial charge is 0.119 e. The molecule has 1 aromatic heterocycles. The molecule has 19 heavy (non-hydrogen) atoms. The van der Waals surface area contributed by atoms with Crippen molar-refractivity contribution < 1.29 is 4.74 Å². The molecule has 3 nitrogen and oxygen atoms in total. The van der Waals surface area contributed by atoms with Crippen LogP contribution in [-0.4, -0.2) is 28.8 Å². The van der Waals surface area contributed by atoms with Gasteiger partial charge in [0.2, 0.25) is 0 Å². The Morgan fingerprint density at radius 2 is 2.05 bits per heavy atom. The maximum Gasteiger partial charge on any atom is 0.119 e. The Labute approximate surface area is 116 Å². The summed E-state index contributed by atoms with van der Waals surface area (Å²) in [4.78, 5) is 8.39. The van der Waals surface area contributed by atoms with Gasteiger partial charge in [0, 0.05) is 23.9 Å².